The van der Waals surface area contributed by atoms with Gasteiger partial charge < -0.3 is 24.3 Å². The maximum absolute atomic E-state index is 11.9. The Hall–Kier alpha value is -3.26. The molecule has 0 aliphatic carbocycles. The molecule has 2 aliphatic rings. The number of para-hydroxylation sites is 1. The second-order valence-electron chi connectivity index (χ2n) is 7.87. The molecular formula is C24H28N2O6. The lowest BCUT2D eigenvalue weighted by Gasteiger charge is -2.32. The van der Waals surface area contributed by atoms with Gasteiger partial charge in [-0.25, -0.2) is 0 Å². The zero-order chi connectivity index (χ0) is 22.3. The number of carbonyl (C=O) groups is 2. The number of hydrogen-bond donors (Lipinski definition) is 1. The predicted molar refractivity (Wildman–Crippen MR) is 118 cm³/mol. The molecule has 2 aromatic rings. The van der Waals surface area contributed by atoms with E-state index in [0.29, 0.717) is 26.3 Å². The van der Waals surface area contributed by atoms with E-state index < -0.39 is 11.9 Å². The highest BCUT2D eigenvalue weighted by atomic mass is 16.7. The van der Waals surface area contributed by atoms with Crippen molar-refractivity contribution < 1.29 is 29.0 Å². The van der Waals surface area contributed by atoms with Crippen LogP contribution < -0.4 is 14.4 Å². The lowest BCUT2D eigenvalue weighted by Crippen LogP contribution is -2.36. The molecule has 0 aromatic heterocycles. The fourth-order valence-corrected chi connectivity index (χ4v) is 3.98. The standard InChI is InChI=1S/C24H28N2O6/c27-23(28)6-7-24(29)32-26-10-8-18-16-21-22(17-19(18)9-11-26)31-15-13-25(21)12-14-30-20-4-2-1-3-5-20/h1-5,16-17H,6-15H2,(H,27,28). The van der Waals surface area contributed by atoms with Gasteiger partial charge in [0, 0.05) is 13.1 Å². The molecule has 0 saturated heterocycles. The van der Waals surface area contributed by atoms with Gasteiger partial charge in [0.1, 0.15) is 24.7 Å². The van der Waals surface area contributed by atoms with Crippen LogP contribution in [0.2, 0.25) is 0 Å². The lowest BCUT2D eigenvalue weighted by atomic mass is 10.0. The van der Waals surface area contributed by atoms with Gasteiger partial charge in [-0.1, -0.05) is 18.2 Å². The molecule has 0 bridgehead atoms. The summed E-state index contributed by atoms with van der Waals surface area (Å²) in [5.41, 5.74) is 3.47. The maximum atomic E-state index is 11.9. The van der Waals surface area contributed by atoms with Gasteiger partial charge in [-0.05, 0) is 48.2 Å². The minimum atomic E-state index is -1.01. The number of benzene rings is 2. The van der Waals surface area contributed by atoms with Gasteiger partial charge in [-0.2, -0.15) is 0 Å². The molecule has 8 heteroatoms. The number of aliphatic carboxylic acids is 1. The van der Waals surface area contributed by atoms with Gasteiger partial charge in [-0.3, -0.25) is 9.59 Å². The van der Waals surface area contributed by atoms with Crippen LogP contribution in [-0.2, 0) is 27.3 Å². The third kappa shape index (κ3) is 5.70. The molecule has 0 saturated carbocycles. The van der Waals surface area contributed by atoms with Gasteiger partial charge in [0.05, 0.1) is 31.6 Å². The van der Waals surface area contributed by atoms with E-state index in [0.717, 1.165) is 43.1 Å². The number of hydroxylamine groups is 2. The van der Waals surface area contributed by atoms with Gasteiger partial charge >= 0.3 is 11.9 Å². The topological polar surface area (TPSA) is 88.5 Å². The first-order chi connectivity index (χ1) is 15.6. The van der Waals surface area contributed by atoms with Crippen molar-refractivity contribution in [2.75, 3.05) is 44.3 Å². The molecule has 0 spiro atoms. The summed E-state index contributed by atoms with van der Waals surface area (Å²) in [6.07, 6.45) is 1.13. The van der Waals surface area contributed by atoms with Crippen molar-refractivity contribution in [2.45, 2.75) is 25.7 Å². The molecule has 2 heterocycles. The van der Waals surface area contributed by atoms with E-state index in [1.807, 2.05) is 30.3 Å². The van der Waals surface area contributed by atoms with Crippen molar-refractivity contribution in [3.63, 3.8) is 0 Å². The van der Waals surface area contributed by atoms with Crippen LogP contribution in [0.25, 0.3) is 0 Å². The Balaban J connectivity index is 1.37. The zero-order valence-electron chi connectivity index (χ0n) is 18.0. The molecule has 170 valence electrons. The summed E-state index contributed by atoms with van der Waals surface area (Å²) in [5, 5.41) is 10.4. The number of hydrogen-bond acceptors (Lipinski definition) is 7. The highest BCUT2D eigenvalue weighted by molar-refractivity contribution is 5.76. The van der Waals surface area contributed by atoms with Crippen molar-refractivity contribution in [3.05, 3.63) is 53.6 Å². The predicted octanol–water partition coefficient (Wildman–Crippen LogP) is 2.69. The number of ether oxygens (including phenoxy) is 2. The molecule has 8 nitrogen and oxygen atoms in total. The van der Waals surface area contributed by atoms with E-state index in [-0.39, 0.29) is 12.8 Å². The van der Waals surface area contributed by atoms with E-state index in [1.54, 1.807) is 5.06 Å². The smallest absolute Gasteiger partial charge is 0.325 e. The Kier molecular flexibility index (Phi) is 7.11. The maximum Gasteiger partial charge on any atom is 0.325 e. The van der Waals surface area contributed by atoms with Gasteiger partial charge in [-0.15, -0.1) is 5.06 Å². The highest BCUT2D eigenvalue weighted by Crippen LogP contribution is 2.35. The van der Waals surface area contributed by atoms with Crippen LogP contribution in [0.5, 0.6) is 11.5 Å². The van der Waals surface area contributed by atoms with Crippen molar-refractivity contribution >= 4 is 17.6 Å². The quantitative estimate of drug-likeness (QED) is 0.670. The first-order valence-corrected chi connectivity index (χ1v) is 11.0. The van der Waals surface area contributed by atoms with Crippen molar-refractivity contribution in [1.82, 2.24) is 5.06 Å². The van der Waals surface area contributed by atoms with Crippen LogP contribution in [0, 0.1) is 0 Å². The summed E-state index contributed by atoms with van der Waals surface area (Å²) < 4.78 is 11.8. The van der Waals surface area contributed by atoms with Gasteiger partial charge in [0.15, 0.2) is 0 Å². The normalized spacial score (nSPS) is 15.7. The Labute approximate surface area is 187 Å². The molecule has 4 rings (SSSR count). The third-order valence-corrected chi connectivity index (χ3v) is 5.65. The van der Waals surface area contributed by atoms with Crippen molar-refractivity contribution in [3.8, 4) is 11.5 Å². The SMILES string of the molecule is O=C(O)CCC(=O)ON1CCc2cc3c(cc2CC1)N(CCOc1ccccc1)CCO3. The number of rotatable bonds is 8. The van der Waals surface area contributed by atoms with Crippen LogP contribution in [0.15, 0.2) is 42.5 Å². The van der Waals surface area contributed by atoms with Crippen LogP contribution in [0.1, 0.15) is 24.0 Å². The Morgan fingerprint density at radius 2 is 1.75 bits per heavy atom. The number of fused-ring (bicyclic) bond motifs is 2. The summed E-state index contributed by atoms with van der Waals surface area (Å²) in [6.45, 7) is 3.92. The number of carboxylic acids is 1. The van der Waals surface area contributed by atoms with Gasteiger partial charge in [0.25, 0.3) is 0 Å². The number of nitrogens with zero attached hydrogens (tertiary/aromatic N) is 2. The lowest BCUT2D eigenvalue weighted by molar-refractivity contribution is -0.190. The van der Waals surface area contributed by atoms with Crippen molar-refractivity contribution in [1.29, 1.82) is 0 Å². The van der Waals surface area contributed by atoms with E-state index >= 15 is 0 Å². The molecule has 0 amide bonds. The molecule has 0 fully saturated rings. The minimum Gasteiger partial charge on any atom is -0.492 e. The second-order valence-corrected chi connectivity index (χ2v) is 7.87. The zero-order valence-corrected chi connectivity index (χ0v) is 18.0. The fourth-order valence-electron chi connectivity index (χ4n) is 3.98. The average Bonchev–Trinajstić information content (AvgIpc) is 2.99. The number of carbonyl (C=O) groups excluding carboxylic acids is 1. The fraction of sp³-hybridized carbons (Fsp3) is 0.417. The van der Waals surface area contributed by atoms with Crippen LogP contribution in [0.3, 0.4) is 0 Å². The Morgan fingerprint density at radius 3 is 2.50 bits per heavy atom. The summed E-state index contributed by atoms with van der Waals surface area (Å²) in [5.74, 6) is 0.225. The van der Waals surface area contributed by atoms with Gasteiger partial charge in [0.2, 0.25) is 0 Å². The highest BCUT2D eigenvalue weighted by Gasteiger charge is 2.24. The molecule has 2 aromatic carbocycles. The molecular weight excluding hydrogens is 412 g/mol. The van der Waals surface area contributed by atoms with Crippen molar-refractivity contribution in [2.24, 2.45) is 0 Å². The number of carboxylic acid groups (broad SMARTS) is 1. The molecule has 0 radical (unpaired) electrons. The molecule has 0 unspecified atom stereocenters. The molecule has 32 heavy (non-hydrogen) atoms. The second kappa shape index (κ2) is 10.4. The summed E-state index contributed by atoms with van der Waals surface area (Å²) in [6, 6.07) is 14.1. The Bertz CT molecular complexity index is 949. The molecule has 2 aliphatic heterocycles. The Morgan fingerprint density at radius 1 is 1.00 bits per heavy atom. The van der Waals surface area contributed by atoms with Crippen LogP contribution in [-0.4, -0.2) is 61.5 Å². The van der Waals surface area contributed by atoms with Crippen LogP contribution >= 0.6 is 0 Å². The average molecular weight is 440 g/mol. The van der Waals surface area contributed by atoms with E-state index in [2.05, 4.69) is 17.0 Å². The minimum absolute atomic E-state index is 0.124. The molecule has 1 N–H and O–H groups in total. The third-order valence-electron chi connectivity index (χ3n) is 5.65. The first-order valence-electron chi connectivity index (χ1n) is 11.0. The summed E-state index contributed by atoms with van der Waals surface area (Å²) in [7, 11) is 0. The monoisotopic (exact) mass is 440 g/mol. The largest absolute Gasteiger partial charge is 0.492 e. The molecule has 0 atom stereocenters. The van der Waals surface area contributed by atoms with E-state index in [4.69, 9.17) is 19.4 Å². The first kappa shape index (κ1) is 22.0. The van der Waals surface area contributed by atoms with Crippen LogP contribution in [0.4, 0.5) is 5.69 Å². The van der Waals surface area contributed by atoms with E-state index in [9.17, 15) is 9.59 Å². The summed E-state index contributed by atoms with van der Waals surface area (Å²) >= 11 is 0. The van der Waals surface area contributed by atoms with E-state index in [1.165, 1.54) is 11.1 Å². The number of anilines is 1. The summed E-state index contributed by atoms with van der Waals surface area (Å²) in [4.78, 5) is 30.2.